The van der Waals surface area contributed by atoms with Gasteiger partial charge in [0.25, 0.3) is 0 Å². The molecule has 2 N–H and O–H groups in total. The van der Waals surface area contributed by atoms with E-state index < -0.39 is 0 Å². The van der Waals surface area contributed by atoms with Gasteiger partial charge in [-0.25, -0.2) is 0 Å². The van der Waals surface area contributed by atoms with Crippen molar-refractivity contribution in [2.24, 2.45) is 11.7 Å². The highest BCUT2D eigenvalue weighted by atomic mass is 16.5. The molecule has 2 aliphatic heterocycles. The van der Waals surface area contributed by atoms with Gasteiger partial charge in [0.05, 0.1) is 0 Å². The van der Waals surface area contributed by atoms with Gasteiger partial charge in [-0.05, 0) is 59.2 Å². The van der Waals surface area contributed by atoms with Crippen molar-refractivity contribution in [3.8, 4) is 5.75 Å². The summed E-state index contributed by atoms with van der Waals surface area (Å²) in [6.45, 7) is 12.1. The van der Waals surface area contributed by atoms with Crippen LogP contribution in [0.5, 0.6) is 5.75 Å². The molecule has 2 aliphatic rings. The summed E-state index contributed by atoms with van der Waals surface area (Å²) < 4.78 is 6.39. The molecule has 0 radical (unpaired) electrons. The summed E-state index contributed by atoms with van der Waals surface area (Å²) in [6, 6.07) is 4.45. The lowest BCUT2D eigenvalue weighted by molar-refractivity contribution is -0.00421. The maximum Gasteiger partial charge on any atom is 0.127 e. The summed E-state index contributed by atoms with van der Waals surface area (Å²) in [7, 11) is 0. The van der Waals surface area contributed by atoms with Gasteiger partial charge in [0, 0.05) is 24.1 Å². The molecule has 0 bridgehead atoms. The van der Waals surface area contributed by atoms with Gasteiger partial charge in [-0.3, -0.25) is 0 Å². The van der Waals surface area contributed by atoms with Crippen molar-refractivity contribution in [2.75, 3.05) is 19.6 Å². The average Bonchev–Trinajstić information content (AvgIpc) is 2.89. The van der Waals surface area contributed by atoms with Crippen molar-refractivity contribution < 1.29 is 4.74 Å². The fraction of sp³-hybridized carbons (Fsp3) is 0.667. The summed E-state index contributed by atoms with van der Waals surface area (Å²) in [5, 5.41) is 0. The Bertz CT molecular complexity index is 532. The number of rotatable bonds is 2. The lowest BCUT2D eigenvalue weighted by Gasteiger charge is -2.45. The highest BCUT2D eigenvalue weighted by Crippen LogP contribution is 2.45. The van der Waals surface area contributed by atoms with Crippen LogP contribution in [0, 0.1) is 19.8 Å². The van der Waals surface area contributed by atoms with Crippen molar-refractivity contribution in [2.45, 2.75) is 52.2 Å². The first-order valence-electron chi connectivity index (χ1n) is 8.16. The van der Waals surface area contributed by atoms with Gasteiger partial charge in [0.15, 0.2) is 0 Å². The number of fused-ring (bicyclic) bond motifs is 1. The van der Waals surface area contributed by atoms with Gasteiger partial charge in [-0.1, -0.05) is 17.7 Å². The van der Waals surface area contributed by atoms with Gasteiger partial charge >= 0.3 is 0 Å². The number of hydrogen-bond acceptors (Lipinski definition) is 3. The Morgan fingerprint density at radius 1 is 1.24 bits per heavy atom. The molecule has 0 spiro atoms. The van der Waals surface area contributed by atoms with E-state index in [1.807, 2.05) is 0 Å². The van der Waals surface area contributed by atoms with E-state index in [0.29, 0.717) is 5.92 Å². The highest BCUT2D eigenvalue weighted by molar-refractivity contribution is 5.47. The number of nitrogens with two attached hydrogens (primary N) is 1. The zero-order chi connectivity index (χ0) is 15.2. The smallest absolute Gasteiger partial charge is 0.127 e. The molecule has 1 saturated heterocycles. The number of nitrogens with zero attached hydrogens (tertiary/aromatic N) is 1. The van der Waals surface area contributed by atoms with Gasteiger partial charge in [0.1, 0.15) is 11.4 Å². The second-order valence-electron chi connectivity index (χ2n) is 7.35. The molecule has 21 heavy (non-hydrogen) atoms. The summed E-state index contributed by atoms with van der Waals surface area (Å²) in [4.78, 5) is 2.54. The molecule has 1 fully saturated rings. The number of hydrogen-bond donors (Lipinski definition) is 1. The predicted molar refractivity (Wildman–Crippen MR) is 86.7 cm³/mol. The highest BCUT2D eigenvalue weighted by Gasteiger charge is 2.43. The Balaban J connectivity index is 1.94. The number of benzene rings is 1. The van der Waals surface area contributed by atoms with E-state index in [2.05, 4.69) is 44.7 Å². The third-order valence-electron chi connectivity index (χ3n) is 5.15. The Kier molecular flexibility index (Phi) is 3.74. The van der Waals surface area contributed by atoms with Crippen molar-refractivity contribution >= 4 is 0 Å². The Morgan fingerprint density at radius 3 is 2.57 bits per heavy atom. The second-order valence-corrected chi connectivity index (χ2v) is 7.35. The molecular formula is C18H28N2O. The van der Waals surface area contributed by atoms with E-state index in [1.54, 1.807) is 0 Å². The molecule has 3 nitrogen and oxygen atoms in total. The zero-order valence-corrected chi connectivity index (χ0v) is 13.8. The Labute approximate surface area is 128 Å². The van der Waals surface area contributed by atoms with Crippen LogP contribution in [0.1, 0.15) is 49.4 Å². The van der Waals surface area contributed by atoms with Gasteiger partial charge in [-0.2, -0.15) is 0 Å². The van der Waals surface area contributed by atoms with Crippen LogP contribution in [-0.4, -0.2) is 30.1 Å². The second kappa shape index (κ2) is 5.29. The van der Waals surface area contributed by atoms with Crippen LogP contribution in [0.25, 0.3) is 0 Å². The Hall–Kier alpha value is -1.06. The van der Waals surface area contributed by atoms with Crippen molar-refractivity contribution in [3.63, 3.8) is 0 Å². The van der Waals surface area contributed by atoms with Gasteiger partial charge in [-0.15, -0.1) is 0 Å². The summed E-state index contributed by atoms with van der Waals surface area (Å²) in [5.74, 6) is 1.35. The molecule has 3 rings (SSSR count). The first-order chi connectivity index (χ1) is 9.88. The van der Waals surface area contributed by atoms with E-state index in [9.17, 15) is 0 Å². The first-order valence-corrected chi connectivity index (χ1v) is 8.16. The third kappa shape index (κ3) is 2.69. The van der Waals surface area contributed by atoms with E-state index in [-0.39, 0.29) is 11.6 Å². The zero-order valence-electron chi connectivity index (χ0n) is 13.8. The van der Waals surface area contributed by atoms with E-state index in [1.165, 1.54) is 42.6 Å². The SMILES string of the molecule is Cc1cc(C)c2c(c1)C(N)C(CN1CCCC1)C(C)(C)O2. The van der Waals surface area contributed by atoms with Crippen LogP contribution in [0.3, 0.4) is 0 Å². The Morgan fingerprint density at radius 2 is 1.90 bits per heavy atom. The average molecular weight is 288 g/mol. The minimum atomic E-state index is -0.213. The monoisotopic (exact) mass is 288 g/mol. The quantitative estimate of drug-likeness (QED) is 0.908. The van der Waals surface area contributed by atoms with Crippen molar-refractivity contribution in [1.82, 2.24) is 4.90 Å². The number of aryl methyl sites for hydroxylation is 2. The minimum Gasteiger partial charge on any atom is -0.487 e. The first kappa shape index (κ1) is 14.9. The molecule has 2 unspecified atom stereocenters. The minimum absolute atomic E-state index is 0.0583. The fourth-order valence-corrected chi connectivity index (χ4v) is 3.94. The van der Waals surface area contributed by atoms with Crippen molar-refractivity contribution in [1.29, 1.82) is 0 Å². The van der Waals surface area contributed by atoms with Crippen molar-refractivity contribution in [3.05, 3.63) is 28.8 Å². The van der Waals surface area contributed by atoms with E-state index in [0.717, 1.165) is 12.3 Å². The van der Waals surface area contributed by atoms with Crippen LogP contribution in [0.15, 0.2) is 12.1 Å². The van der Waals surface area contributed by atoms with Crippen LogP contribution in [-0.2, 0) is 0 Å². The summed E-state index contributed by atoms with van der Waals surface area (Å²) in [6.07, 6.45) is 2.64. The number of likely N-dealkylation sites (tertiary alicyclic amines) is 1. The molecule has 1 aromatic rings. The van der Waals surface area contributed by atoms with Crippen LogP contribution in [0.4, 0.5) is 0 Å². The molecule has 1 aromatic carbocycles. The largest absolute Gasteiger partial charge is 0.487 e. The van der Waals surface area contributed by atoms with Crippen LogP contribution >= 0.6 is 0 Å². The summed E-state index contributed by atoms with van der Waals surface area (Å²) in [5.41, 5.74) is 10.1. The lowest BCUT2D eigenvalue weighted by Crippen LogP contribution is -2.51. The van der Waals surface area contributed by atoms with Gasteiger partial charge < -0.3 is 15.4 Å². The van der Waals surface area contributed by atoms with Crippen LogP contribution in [0.2, 0.25) is 0 Å². The van der Waals surface area contributed by atoms with E-state index in [4.69, 9.17) is 10.5 Å². The fourth-order valence-electron chi connectivity index (χ4n) is 3.94. The molecule has 2 atom stereocenters. The molecule has 2 heterocycles. The number of ether oxygens (including phenoxy) is 1. The third-order valence-corrected chi connectivity index (χ3v) is 5.15. The molecular weight excluding hydrogens is 260 g/mol. The lowest BCUT2D eigenvalue weighted by atomic mass is 9.77. The molecule has 0 aromatic heterocycles. The molecule has 0 aliphatic carbocycles. The maximum absolute atomic E-state index is 6.68. The molecule has 116 valence electrons. The topological polar surface area (TPSA) is 38.5 Å². The van der Waals surface area contributed by atoms with Crippen LogP contribution < -0.4 is 10.5 Å². The summed E-state index contributed by atoms with van der Waals surface area (Å²) >= 11 is 0. The standard InChI is InChI=1S/C18H28N2O/c1-12-9-13(2)17-14(10-12)16(19)15(18(3,4)21-17)11-20-7-5-6-8-20/h9-10,15-16H,5-8,11,19H2,1-4H3. The molecule has 0 amide bonds. The predicted octanol–water partition coefficient (Wildman–Crippen LogP) is 3.19. The molecule has 3 heteroatoms. The van der Waals surface area contributed by atoms with Gasteiger partial charge in [0.2, 0.25) is 0 Å². The normalized spacial score (nSPS) is 28.2. The van der Waals surface area contributed by atoms with E-state index >= 15 is 0 Å². The maximum atomic E-state index is 6.68. The molecule has 0 saturated carbocycles.